The molecule has 0 amide bonds. The molecule has 146 valence electrons. The smallest absolute Gasteiger partial charge is 0.337 e. The molecule has 30 heavy (non-hydrogen) atoms. The van der Waals surface area contributed by atoms with Crippen LogP contribution in [0.15, 0.2) is 77.4 Å². The molecule has 1 heterocycles. The van der Waals surface area contributed by atoms with Gasteiger partial charge in [-0.3, -0.25) is 4.57 Å². The number of carboxylic acid groups (broad SMARTS) is 1. The molecule has 2 aliphatic carbocycles. The maximum atomic E-state index is 11.9. The first-order chi connectivity index (χ1) is 14.7. The zero-order valence-electron chi connectivity index (χ0n) is 16.2. The number of fused-ring (bicyclic) bond motifs is 3. The standard InChI is InChI=1S/C24H17N3O3/c1-2-30-24-26-19-10-6-9-17(23(28)29)21(19)27(24)22-16-12-11-15(20(22)18(16)13-25)14-7-4-3-5-8-14/h3-12,22H,2H2,1H3,(H,28,29). The second-order valence-corrected chi connectivity index (χ2v) is 7.05. The molecule has 2 aromatic carbocycles. The van der Waals surface area contributed by atoms with E-state index >= 15 is 0 Å². The summed E-state index contributed by atoms with van der Waals surface area (Å²) < 4.78 is 7.62. The molecule has 1 atom stereocenters. The van der Waals surface area contributed by atoms with Gasteiger partial charge < -0.3 is 9.84 Å². The van der Waals surface area contributed by atoms with E-state index in [1.807, 2.05) is 54.0 Å². The number of allylic oxidation sites excluding steroid dienone is 6. The Morgan fingerprint density at radius 2 is 2.00 bits per heavy atom. The Labute approximate surface area is 172 Å². The minimum Gasteiger partial charge on any atom is -0.478 e. The first-order valence-corrected chi connectivity index (χ1v) is 9.65. The molecule has 0 radical (unpaired) electrons. The summed E-state index contributed by atoms with van der Waals surface area (Å²) in [6.07, 6.45) is 3.94. The number of hydrogen-bond donors (Lipinski definition) is 1. The van der Waals surface area contributed by atoms with Gasteiger partial charge in [0.2, 0.25) is 0 Å². The van der Waals surface area contributed by atoms with E-state index in [4.69, 9.17) is 4.74 Å². The van der Waals surface area contributed by atoms with Crippen molar-refractivity contribution in [2.75, 3.05) is 6.61 Å². The van der Waals surface area contributed by atoms with Crippen molar-refractivity contribution in [2.45, 2.75) is 13.0 Å². The Bertz CT molecular complexity index is 1340. The van der Waals surface area contributed by atoms with E-state index in [9.17, 15) is 15.2 Å². The van der Waals surface area contributed by atoms with Crippen molar-refractivity contribution in [3.05, 3.63) is 88.5 Å². The zero-order valence-corrected chi connectivity index (χ0v) is 16.2. The number of aromatic nitrogens is 2. The van der Waals surface area contributed by atoms with Crippen LogP contribution in [0.3, 0.4) is 0 Å². The monoisotopic (exact) mass is 395 g/mol. The van der Waals surface area contributed by atoms with Crippen molar-refractivity contribution in [1.82, 2.24) is 9.55 Å². The van der Waals surface area contributed by atoms with Gasteiger partial charge in [0.05, 0.1) is 40.9 Å². The number of imidazole rings is 1. The Kier molecular flexibility index (Phi) is 4.04. The lowest BCUT2D eigenvalue weighted by Crippen LogP contribution is -2.29. The third-order valence-corrected chi connectivity index (χ3v) is 5.48. The molecule has 1 aromatic heterocycles. The summed E-state index contributed by atoms with van der Waals surface area (Å²) in [5, 5.41) is 19.6. The van der Waals surface area contributed by atoms with Gasteiger partial charge in [-0.15, -0.1) is 0 Å². The van der Waals surface area contributed by atoms with Gasteiger partial charge >= 0.3 is 5.97 Å². The molecule has 5 rings (SSSR count). The third-order valence-electron chi connectivity index (χ3n) is 5.48. The number of para-hydroxylation sites is 1. The number of nitriles is 1. The number of hydrogen-bond acceptors (Lipinski definition) is 4. The lowest BCUT2D eigenvalue weighted by molar-refractivity contribution is 0.0698. The third kappa shape index (κ3) is 2.42. The molecule has 0 saturated heterocycles. The normalized spacial score (nSPS) is 17.1. The van der Waals surface area contributed by atoms with E-state index in [1.54, 1.807) is 18.2 Å². The van der Waals surface area contributed by atoms with E-state index in [0.717, 1.165) is 22.3 Å². The Hall–Kier alpha value is -4.11. The molecule has 0 spiro atoms. The number of carbonyl (C=O) groups is 1. The average molecular weight is 395 g/mol. The van der Waals surface area contributed by atoms with Crippen molar-refractivity contribution < 1.29 is 14.6 Å². The molecule has 6 nitrogen and oxygen atoms in total. The largest absolute Gasteiger partial charge is 0.478 e. The van der Waals surface area contributed by atoms with E-state index in [2.05, 4.69) is 11.1 Å². The lowest BCUT2D eigenvalue weighted by Gasteiger charge is -2.39. The average Bonchev–Trinajstić information content (AvgIpc) is 3.12. The number of carboxylic acids is 1. The summed E-state index contributed by atoms with van der Waals surface area (Å²) in [6.45, 7) is 2.25. The van der Waals surface area contributed by atoms with Gasteiger partial charge in [-0.05, 0) is 35.8 Å². The molecule has 0 saturated carbocycles. The molecule has 0 aliphatic heterocycles. The summed E-state index contributed by atoms with van der Waals surface area (Å²) in [7, 11) is 0. The predicted octanol–water partition coefficient (Wildman–Crippen LogP) is 4.53. The number of rotatable bonds is 5. The van der Waals surface area contributed by atoms with Crippen LogP contribution in [0.5, 0.6) is 6.01 Å². The van der Waals surface area contributed by atoms with E-state index in [1.165, 1.54) is 0 Å². The highest BCUT2D eigenvalue weighted by molar-refractivity contribution is 6.02. The van der Waals surface area contributed by atoms with Crippen LogP contribution in [-0.4, -0.2) is 27.2 Å². The number of benzene rings is 2. The van der Waals surface area contributed by atoms with E-state index in [0.29, 0.717) is 29.2 Å². The van der Waals surface area contributed by atoms with Gasteiger partial charge in [0.15, 0.2) is 0 Å². The van der Waals surface area contributed by atoms with Crippen LogP contribution in [0.4, 0.5) is 0 Å². The maximum absolute atomic E-state index is 11.9. The number of aromatic carboxylic acids is 1. The molecule has 3 aromatic rings. The molecule has 1 N–H and O–H groups in total. The Balaban J connectivity index is 1.76. The molecule has 2 bridgehead atoms. The molecular weight excluding hydrogens is 378 g/mol. The van der Waals surface area contributed by atoms with Gasteiger partial charge in [0.25, 0.3) is 6.01 Å². The fourth-order valence-corrected chi connectivity index (χ4v) is 4.26. The lowest BCUT2D eigenvalue weighted by atomic mass is 9.69. The summed E-state index contributed by atoms with van der Waals surface area (Å²) in [5.41, 5.74) is 5.47. The van der Waals surface area contributed by atoms with Crippen LogP contribution >= 0.6 is 0 Å². The quantitative estimate of drug-likeness (QED) is 0.686. The fourth-order valence-electron chi connectivity index (χ4n) is 4.26. The summed E-state index contributed by atoms with van der Waals surface area (Å²) in [5.74, 6) is -1.03. The van der Waals surface area contributed by atoms with Crippen molar-refractivity contribution in [3.8, 4) is 12.1 Å². The van der Waals surface area contributed by atoms with Gasteiger partial charge in [0, 0.05) is 5.57 Å². The van der Waals surface area contributed by atoms with E-state index in [-0.39, 0.29) is 11.6 Å². The first kappa shape index (κ1) is 18.0. The fraction of sp³-hybridized carbons (Fsp3) is 0.125. The SMILES string of the molecule is CCOc1nc2cccc(C(=O)O)c2n1C1c2ccc(-c3ccccc3)c1c2C#N. The second kappa shape index (κ2) is 6.75. The topological polar surface area (TPSA) is 88.1 Å². The van der Waals surface area contributed by atoms with Gasteiger partial charge in [-0.1, -0.05) is 48.6 Å². The molecule has 6 heteroatoms. The minimum atomic E-state index is -1.03. The molecule has 1 unspecified atom stereocenters. The van der Waals surface area contributed by atoms with Crippen molar-refractivity contribution in [3.63, 3.8) is 0 Å². The van der Waals surface area contributed by atoms with Crippen LogP contribution in [0.1, 0.15) is 28.9 Å². The second-order valence-electron chi connectivity index (χ2n) is 7.05. The van der Waals surface area contributed by atoms with Crippen LogP contribution in [0, 0.1) is 11.3 Å². The van der Waals surface area contributed by atoms with Crippen LogP contribution in [0.2, 0.25) is 0 Å². The van der Waals surface area contributed by atoms with E-state index < -0.39 is 5.97 Å². The summed E-state index contributed by atoms with van der Waals surface area (Å²) in [4.78, 5) is 16.5. The first-order valence-electron chi connectivity index (χ1n) is 9.65. The highest BCUT2D eigenvalue weighted by Crippen LogP contribution is 2.55. The maximum Gasteiger partial charge on any atom is 0.337 e. The number of nitrogens with zero attached hydrogens (tertiary/aromatic N) is 3. The van der Waals surface area contributed by atoms with Gasteiger partial charge in [-0.25, -0.2) is 4.79 Å². The molecule has 0 fully saturated rings. The summed E-state index contributed by atoms with van der Waals surface area (Å²) in [6, 6.07) is 17.2. The van der Waals surface area contributed by atoms with Crippen molar-refractivity contribution in [1.29, 1.82) is 5.26 Å². The highest BCUT2D eigenvalue weighted by atomic mass is 16.5. The van der Waals surface area contributed by atoms with Crippen LogP contribution < -0.4 is 4.74 Å². The Morgan fingerprint density at radius 3 is 2.70 bits per heavy atom. The van der Waals surface area contributed by atoms with Crippen molar-refractivity contribution >= 4 is 22.6 Å². The Morgan fingerprint density at radius 1 is 1.20 bits per heavy atom. The van der Waals surface area contributed by atoms with Crippen molar-refractivity contribution in [2.24, 2.45) is 0 Å². The zero-order chi connectivity index (χ0) is 20.8. The van der Waals surface area contributed by atoms with Crippen LogP contribution in [0.25, 0.3) is 16.6 Å². The predicted molar refractivity (Wildman–Crippen MR) is 112 cm³/mol. The highest BCUT2D eigenvalue weighted by Gasteiger charge is 2.43. The van der Waals surface area contributed by atoms with Gasteiger partial charge in [0.1, 0.15) is 0 Å². The minimum absolute atomic E-state index is 0.154. The summed E-state index contributed by atoms with van der Waals surface area (Å²) >= 11 is 0. The number of ether oxygens (including phenoxy) is 1. The molecule has 2 aliphatic rings. The van der Waals surface area contributed by atoms with Crippen LogP contribution in [-0.2, 0) is 0 Å². The molecular formula is C24H17N3O3. The van der Waals surface area contributed by atoms with Gasteiger partial charge in [-0.2, -0.15) is 10.2 Å².